The van der Waals surface area contributed by atoms with Crippen molar-refractivity contribution in [2.45, 2.75) is 26.3 Å². The highest BCUT2D eigenvalue weighted by molar-refractivity contribution is 9.10. The number of carbonyl (C=O) groups is 1. The summed E-state index contributed by atoms with van der Waals surface area (Å²) >= 11 is 3.34. The number of hydrogen-bond donors (Lipinski definition) is 1. The van der Waals surface area contributed by atoms with Crippen LogP contribution < -0.4 is 4.90 Å². The third-order valence-electron chi connectivity index (χ3n) is 2.47. The highest BCUT2D eigenvalue weighted by Crippen LogP contribution is 2.29. The van der Waals surface area contributed by atoms with E-state index in [0.717, 1.165) is 4.47 Å². The quantitative estimate of drug-likeness (QED) is 0.932. The molecule has 0 spiro atoms. The summed E-state index contributed by atoms with van der Waals surface area (Å²) < 4.78 is 0.816. The smallest absolute Gasteiger partial charge is 0.323 e. The summed E-state index contributed by atoms with van der Waals surface area (Å²) in [5.41, 5.74) is 0.710. The molecule has 0 radical (unpaired) electrons. The van der Waals surface area contributed by atoms with Gasteiger partial charge in [0, 0.05) is 10.0 Å². The number of carboxylic acids is 1. The normalized spacial score (nSPS) is 10.8. The van der Waals surface area contributed by atoms with Crippen LogP contribution in [-0.2, 0) is 4.79 Å². The second-order valence-electron chi connectivity index (χ2n) is 4.92. The minimum atomic E-state index is -0.922. The summed E-state index contributed by atoms with van der Waals surface area (Å²) in [6, 6.07) is 7.31. The molecule has 4 nitrogen and oxygen atoms in total. The van der Waals surface area contributed by atoms with Gasteiger partial charge in [-0.3, -0.25) is 4.79 Å². The van der Waals surface area contributed by atoms with Crippen molar-refractivity contribution in [1.29, 1.82) is 5.26 Å². The SMILES string of the molecule is CC(C)(C)N(CC(=O)O)c1cc(Br)ccc1C#N. The van der Waals surface area contributed by atoms with Crippen LogP contribution in [0.5, 0.6) is 0 Å². The zero-order chi connectivity index (χ0) is 13.9. The molecule has 0 atom stereocenters. The Morgan fingerprint density at radius 1 is 1.50 bits per heavy atom. The van der Waals surface area contributed by atoms with Crippen molar-refractivity contribution in [1.82, 2.24) is 0 Å². The number of nitriles is 1. The van der Waals surface area contributed by atoms with E-state index in [1.165, 1.54) is 0 Å². The number of halogens is 1. The summed E-state index contributed by atoms with van der Waals surface area (Å²) in [4.78, 5) is 12.7. The van der Waals surface area contributed by atoms with E-state index < -0.39 is 5.97 Å². The topological polar surface area (TPSA) is 64.3 Å². The zero-order valence-electron chi connectivity index (χ0n) is 10.6. The van der Waals surface area contributed by atoms with Crippen LogP contribution in [0.15, 0.2) is 22.7 Å². The Balaban J connectivity index is 3.33. The van der Waals surface area contributed by atoms with Gasteiger partial charge in [-0.25, -0.2) is 0 Å². The van der Waals surface area contributed by atoms with Gasteiger partial charge in [0.25, 0.3) is 0 Å². The number of anilines is 1. The molecule has 0 bridgehead atoms. The first-order valence-corrected chi connectivity index (χ1v) is 6.24. The third kappa shape index (κ3) is 3.47. The fraction of sp³-hybridized carbons (Fsp3) is 0.385. The highest BCUT2D eigenvalue weighted by Gasteiger charge is 2.26. The summed E-state index contributed by atoms with van der Waals surface area (Å²) in [6.45, 7) is 5.60. The molecule has 0 saturated heterocycles. The van der Waals surface area contributed by atoms with Crippen LogP contribution in [0.2, 0.25) is 0 Å². The lowest BCUT2D eigenvalue weighted by Gasteiger charge is -2.37. The van der Waals surface area contributed by atoms with Crippen molar-refractivity contribution in [3.05, 3.63) is 28.2 Å². The van der Waals surface area contributed by atoms with Crippen LogP contribution >= 0.6 is 15.9 Å². The summed E-state index contributed by atoms with van der Waals surface area (Å²) in [7, 11) is 0. The largest absolute Gasteiger partial charge is 0.480 e. The van der Waals surface area contributed by atoms with Gasteiger partial charge in [-0.15, -0.1) is 0 Å². The monoisotopic (exact) mass is 310 g/mol. The number of nitrogens with zero attached hydrogens (tertiary/aromatic N) is 2. The predicted molar refractivity (Wildman–Crippen MR) is 73.6 cm³/mol. The van der Waals surface area contributed by atoms with Crippen LogP contribution in [0.3, 0.4) is 0 Å². The van der Waals surface area contributed by atoms with Crippen molar-refractivity contribution in [3.63, 3.8) is 0 Å². The molecule has 0 aliphatic rings. The fourth-order valence-corrected chi connectivity index (χ4v) is 1.99. The van der Waals surface area contributed by atoms with Crippen molar-refractivity contribution < 1.29 is 9.90 Å². The number of aliphatic carboxylic acids is 1. The first-order valence-electron chi connectivity index (χ1n) is 5.45. The molecule has 0 amide bonds. The minimum Gasteiger partial charge on any atom is -0.480 e. The van der Waals surface area contributed by atoms with Crippen LogP contribution in [0.1, 0.15) is 26.3 Å². The maximum atomic E-state index is 11.0. The molecule has 0 aliphatic carbocycles. The Kier molecular flexibility index (Phi) is 4.36. The van der Waals surface area contributed by atoms with E-state index in [4.69, 9.17) is 10.4 Å². The Morgan fingerprint density at radius 2 is 2.11 bits per heavy atom. The fourth-order valence-electron chi connectivity index (χ4n) is 1.64. The molecule has 0 unspecified atom stereocenters. The van der Waals surface area contributed by atoms with Crippen LogP contribution in [-0.4, -0.2) is 23.2 Å². The molecule has 96 valence electrons. The standard InChI is InChI=1S/C13H15BrN2O2/c1-13(2,3)16(8-12(17)18)11-6-10(14)5-4-9(11)7-15/h4-6H,8H2,1-3H3,(H,17,18). The number of rotatable bonds is 3. The molecule has 0 aliphatic heterocycles. The van der Waals surface area contributed by atoms with Crippen LogP contribution in [0, 0.1) is 11.3 Å². The Hall–Kier alpha value is -1.54. The molecular weight excluding hydrogens is 296 g/mol. The average molecular weight is 311 g/mol. The maximum absolute atomic E-state index is 11.0. The predicted octanol–water partition coefficient (Wildman–Crippen LogP) is 3.01. The zero-order valence-corrected chi connectivity index (χ0v) is 12.2. The summed E-state index contributed by atoms with van der Waals surface area (Å²) in [5, 5.41) is 18.1. The molecule has 0 heterocycles. The van der Waals surface area contributed by atoms with Crippen molar-refractivity contribution >= 4 is 27.6 Å². The molecule has 18 heavy (non-hydrogen) atoms. The van der Waals surface area contributed by atoms with Gasteiger partial charge < -0.3 is 10.0 Å². The minimum absolute atomic E-state index is 0.144. The Bertz CT molecular complexity index is 501. The first kappa shape index (κ1) is 14.5. The first-order chi connectivity index (χ1) is 8.25. The summed E-state index contributed by atoms with van der Waals surface area (Å²) in [6.07, 6.45) is 0. The van der Waals surface area contributed by atoms with Crippen LogP contribution in [0.25, 0.3) is 0 Å². The van der Waals surface area contributed by atoms with Crippen molar-refractivity contribution in [2.75, 3.05) is 11.4 Å². The number of carboxylic acid groups (broad SMARTS) is 1. The van der Waals surface area contributed by atoms with Gasteiger partial charge in [0.05, 0.1) is 11.3 Å². The second kappa shape index (κ2) is 5.40. The molecule has 0 aromatic heterocycles. The van der Waals surface area contributed by atoms with E-state index >= 15 is 0 Å². The van der Waals surface area contributed by atoms with Crippen molar-refractivity contribution in [2.24, 2.45) is 0 Å². The van der Waals surface area contributed by atoms with Gasteiger partial charge in [-0.1, -0.05) is 15.9 Å². The van der Waals surface area contributed by atoms with E-state index in [9.17, 15) is 4.79 Å². The van der Waals surface area contributed by atoms with E-state index in [1.54, 1.807) is 23.1 Å². The van der Waals surface area contributed by atoms with Crippen LogP contribution in [0.4, 0.5) is 5.69 Å². The lowest BCUT2D eigenvalue weighted by Crippen LogP contribution is -2.45. The molecule has 1 rings (SSSR count). The van der Waals surface area contributed by atoms with E-state index in [2.05, 4.69) is 22.0 Å². The molecule has 0 fully saturated rings. The summed E-state index contributed by atoms with van der Waals surface area (Å²) in [5.74, 6) is -0.922. The number of hydrogen-bond acceptors (Lipinski definition) is 3. The maximum Gasteiger partial charge on any atom is 0.323 e. The second-order valence-corrected chi connectivity index (χ2v) is 5.84. The number of benzene rings is 1. The van der Waals surface area contributed by atoms with E-state index in [1.807, 2.05) is 20.8 Å². The Labute approximate surface area is 115 Å². The molecular formula is C13H15BrN2O2. The van der Waals surface area contributed by atoms with Gasteiger partial charge in [0.1, 0.15) is 12.6 Å². The van der Waals surface area contributed by atoms with Gasteiger partial charge in [-0.2, -0.15) is 5.26 Å². The molecule has 1 aromatic carbocycles. The lowest BCUT2D eigenvalue weighted by molar-refractivity contribution is -0.135. The third-order valence-corrected chi connectivity index (χ3v) is 2.97. The van der Waals surface area contributed by atoms with Gasteiger partial charge in [0.2, 0.25) is 0 Å². The lowest BCUT2D eigenvalue weighted by atomic mass is 10.0. The van der Waals surface area contributed by atoms with Gasteiger partial charge in [0.15, 0.2) is 0 Å². The Morgan fingerprint density at radius 3 is 2.56 bits per heavy atom. The molecule has 1 N–H and O–H groups in total. The molecule has 1 aromatic rings. The van der Waals surface area contributed by atoms with E-state index in [0.29, 0.717) is 11.3 Å². The van der Waals surface area contributed by atoms with Gasteiger partial charge in [-0.05, 0) is 39.0 Å². The molecule has 5 heteroatoms. The van der Waals surface area contributed by atoms with E-state index in [-0.39, 0.29) is 12.1 Å². The van der Waals surface area contributed by atoms with Crippen molar-refractivity contribution in [3.8, 4) is 6.07 Å². The highest BCUT2D eigenvalue weighted by atomic mass is 79.9. The van der Waals surface area contributed by atoms with Gasteiger partial charge >= 0.3 is 5.97 Å². The molecule has 0 saturated carbocycles. The average Bonchev–Trinajstić information content (AvgIpc) is 2.24.